The van der Waals surface area contributed by atoms with E-state index >= 15 is 0 Å². The molecule has 0 heterocycles. The molecule has 141 heavy (non-hydrogen) atoms. The molecule has 0 aliphatic carbocycles. The van der Waals surface area contributed by atoms with E-state index in [-0.39, 0.29) is 75.4 Å². The lowest BCUT2D eigenvalue weighted by Gasteiger charge is -2.68. The maximum absolute atomic E-state index is 12.9. The fourth-order valence-electron chi connectivity index (χ4n) is 39.9. The second-order valence-electron chi connectivity index (χ2n) is 62.1. The van der Waals surface area contributed by atoms with E-state index in [1.54, 1.807) is 0 Å². The Morgan fingerprint density at radius 2 is 0.270 bits per heavy atom. The lowest BCUT2D eigenvalue weighted by Crippen LogP contribution is -3.05. The molecule has 0 radical (unpaired) electrons. The van der Waals surface area contributed by atoms with Gasteiger partial charge in [-0.1, -0.05) is 0 Å². The van der Waals surface area contributed by atoms with Gasteiger partial charge in [0.25, 0.3) is 0 Å². The molecule has 4 N–H and O–H groups in total. The Labute approximate surface area is 980 Å². The van der Waals surface area contributed by atoms with Crippen LogP contribution in [0.15, 0.2) is 0 Å². The molecule has 0 amide bonds. The van der Waals surface area contributed by atoms with Crippen LogP contribution in [0.25, 0.3) is 0 Å². The molecule has 0 rings (SSSR count). The lowest BCUT2D eigenvalue weighted by molar-refractivity contribution is 0.597. The van der Waals surface area contributed by atoms with Gasteiger partial charge in [0.05, 0.1) is 567 Å². The summed E-state index contributed by atoms with van der Waals surface area (Å²) in [5.74, 6) is 0. The summed E-state index contributed by atoms with van der Waals surface area (Å²) in [6.45, 7) is 0. The van der Waals surface area contributed by atoms with E-state index in [1.807, 2.05) is 0 Å². The minimum atomic E-state index is -4.58. The summed E-state index contributed by atoms with van der Waals surface area (Å²) in [7, 11) is 184. The molecule has 139 heteroatoms. The quantitative estimate of drug-likeness (QED) is 0.0597. The molecule has 0 spiro atoms. The molecule has 0 fully saturated rings. The summed E-state index contributed by atoms with van der Waals surface area (Å²) < 4.78 is 12.9. The third-order valence-electron chi connectivity index (χ3n) is 42.0. The minimum Gasteiger partial charge on any atom is -0.481 e. The van der Waals surface area contributed by atoms with Gasteiger partial charge in [0, 0.05) is 397 Å². The van der Waals surface area contributed by atoms with Crippen molar-refractivity contribution in [1.29, 1.82) is 0 Å². The molecule has 0 bridgehead atoms. The van der Waals surface area contributed by atoms with Crippen LogP contribution >= 0.6 is 0 Å². The predicted molar refractivity (Wildman–Crippen MR) is 994 cm³/mol. The summed E-state index contributed by atoms with van der Waals surface area (Å²) in [6, 6.07) is 0. The summed E-state index contributed by atoms with van der Waals surface area (Å²) in [6.07, 6.45) is 22.6. The summed E-state index contributed by atoms with van der Waals surface area (Å²) in [5.41, 5.74) is 21.1. The van der Waals surface area contributed by atoms with Gasteiger partial charge in [0.1, 0.15) is 0 Å². The van der Waals surface area contributed by atoms with Gasteiger partial charge in [-0.15, -0.1) is 0 Å². The van der Waals surface area contributed by atoms with Crippen molar-refractivity contribution >= 4 is 964 Å². The Hall–Kier alpha value is 9.02. The Morgan fingerprint density at radius 1 is 0.142 bits per heavy atom. The number of hydrogen-bond acceptors (Lipinski definition) is 3. The van der Waals surface area contributed by atoms with Crippen molar-refractivity contribution < 1.29 is 4.12 Å². The van der Waals surface area contributed by atoms with Crippen LogP contribution in [-0.2, 0) is 4.12 Å². The first-order chi connectivity index (χ1) is 64.3. The normalized spacial score (nSPS) is 10.9. The summed E-state index contributed by atoms with van der Waals surface area (Å²) in [5, 5.41) is 0. The van der Waals surface area contributed by atoms with Crippen molar-refractivity contribution in [3.05, 3.63) is 0 Å². The smallest absolute Gasteiger partial charge is 0.0882 e. The van der Waals surface area contributed by atoms with Crippen LogP contribution in [-0.4, -0.2) is 976 Å². The topological polar surface area (TPSA) is 61.3 Å². The third-order valence-corrected chi connectivity index (χ3v) is 53.9. The molecule has 0 aliphatic rings. The fraction of sp³-hybridized carbons (Fsp3) is 1.00. The molecular weight excluding hydrogens is 1570 g/mol. The first-order valence-corrected chi connectivity index (χ1v) is 68.0. The van der Waals surface area contributed by atoms with Gasteiger partial charge >= 0.3 is 0 Å². The molecular formula is C2H146B134N2OSi2. The molecule has 2 unspecified atom stereocenters. The fourth-order valence-corrected chi connectivity index (χ4v) is 56.4. The Bertz CT molecular complexity index is 3020. The molecule has 580 valence electrons. The van der Waals surface area contributed by atoms with Gasteiger partial charge in [-0.25, -0.2) is 0 Å². The highest BCUT2D eigenvalue weighted by atomic mass is 28.4. The van der Waals surface area contributed by atoms with Crippen LogP contribution in [0.3, 0.4) is 0 Å². The van der Waals surface area contributed by atoms with Crippen molar-refractivity contribution in [1.82, 2.24) is 0 Å². The number of nitrogens with two attached hydrogens (primary N) is 2. The van der Waals surface area contributed by atoms with Gasteiger partial charge in [0.2, 0.25) is 0 Å². The van der Waals surface area contributed by atoms with Gasteiger partial charge < -0.3 is 15.6 Å². The van der Waals surface area contributed by atoms with Crippen molar-refractivity contribution in [2.45, 2.75) is 0 Å². The first-order valence-electron chi connectivity index (χ1n) is 63.4. The SMILES string of the molecule is BBB(B)B(B(B)B)B(B(B(B)B)B(B)B)B(B(B(B(B)B)B(B)B)B(B(B)B)B(B)B)[Si](CN)(O[Si](CN)(B(B(B(B(B)B)B(B)B)B(B(B)B)B(B)B)B(B(B(B)B)B(B)B)B(B(B)B)B(BB)B(B)B)B(B(B(B(B)B)B(B)B)B(B(B)B)B(B)B)B(B(B(B)B)B(B)B)B(B(B)B)B(B(B)B)B(B)B)B(B(B(B(B)B)B(B)B)B(B(B)B)B(B)B)B(B(B(B)B)B(B)B)B(B(B)B)B(B)B(B)B. The third kappa shape index (κ3) is 38.6. The van der Waals surface area contributed by atoms with E-state index in [0.717, 1.165) is 14.1 Å². The minimum absolute atomic E-state index is 0.0848. The average molecular weight is 1720 g/mol. The number of rotatable bonds is 70. The van der Waals surface area contributed by atoms with E-state index in [4.69, 9.17) is 0 Å². The Balaban J connectivity index is 17.8. The van der Waals surface area contributed by atoms with E-state index in [2.05, 4.69) is 526 Å². The highest BCUT2D eigenvalue weighted by Crippen LogP contribution is 2.39. The monoisotopic (exact) mass is 1750 g/mol. The maximum atomic E-state index is 12.9. The van der Waals surface area contributed by atoms with Crippen molar-refractivity contribution in [3.8, 4) is 0 Å². The summed E-state index contributed by atoms with van der Waals surface area (Å²) in [4.78, 5) is 0. The van der Waals surface area contributed by atoms with E-state index in [1.165, 1.54) is 0 Å². The van der Waals surface area contributed by atoms with Crippen molar-refractivity contribution in [2.75, 3.05) is 12.3 Å². The molecule has 0 aromatic rings. The second-order valence-corrected chi connectivity index (χ2v) is 70.2. The Morgan fingerprint density at radius 3 is 0.390 bits per heavy atom. The predicted octanol–water partition coefficient (Wildman–Crippen LogP) is -89.9. The number of hydrogen-bond donors (Lipinski definition) is 2. The van der Waals surface area contributed by atoms with Crippen LogP contribution < -0.4 is 11.5 Å². The highest BCUT2D eigenvalue weighted by molar-refractivity contribution is 8.42. The average Bonchev–Trinajstić information content (AvgIpc) is 0.682. The Kier molecular flexibility index (Phi) is 73.1. The maximum Gasteiger partial charge on any atom is 0.0882 e. The van der Waals surface area contributed by atoms with Crippen LogP contribution in [0.5, 0.6) is 0 Å². The molecule has 3 nitrogen and oxygen atoms in total. The largest absolute Gasteiger partial charge is 0.481 e. The highest BCUT2D eigenvalue weighted by Gasteiger charge is 2.77. The first kappa shape index (κ1) is 150. The molecule has 0 saturated heterocycles. The molecule has 0 saturated carbocycles. The van der Waals surface area contributed by atoms with Gasteiger partial charge in [-0.05, 0) is 12.3 Å². The van der Waals surface area contributed by atoms with Gasteiger partial charge in [-0.3, -0.25) is 0 Å². The van der Waals surface area contributed by atoms with Crippen molar-refractivity contribution in [2.24, 2.45) is 11.5 Å². The van der Waals surface area contributed by atoms with E-state index < -0.39 is 16.1 Å². The van der Waals surface area contributed by atoms with Gasteiger partial charge in [-0.2, -0.15) is 0 Å². The zero-order valence-corrected chi connectivity index (χ0v) is 112. The van der Waals surface area contributed by atoms with Gasteiger partial charge in [0.15, 0.2) is 0 Å². The van der Waals surface area contributed by atoms with Crippen LogP contribution in [0.2, 0.25) is 0 Å². The zero-order chi connectivity index (χ0) is 111. The standard InChI is InChI=1S/C2H146B134N2OSi2/c3-71-105(69)121(101(61)62)129(117(93(45)46)94(47)48)133(125(109(77(13)14)78(15)16)110(79(17)18)80(19)20)140(1-137,134(126(111(81(21)22)82(23)24)112(83(25)26)84(27)28)130(118(95(49)50)96(51)52)122(102(63)64)106(70)73(5)6)139-141(2-138,135(127(113(85(29)30)86(31)32)114(87(33)34)88(35)36)131(119(97(53)54)98(55)56)123(103(65)66)107(72-4)74(7)8)136(128(115(89(37)38)90(39)40)116(91(41)42)92(43)44)132(120(99(57)58)100(59)60)124(104(67)68)108(75(9)10)76(11)12/h71-72H,1-70,137-138H2. The summed E-state index contributed by atoms with van der Waals surface area (Å²) >= 11 is 0. The van der Waals surface area contributed by atoms with Crippen LogP contribution in [0.1, 0.15) is 0 Å². The molecule has 0 aliphatic heterocycles. The zero-order valence-electron chi connectivity index (χ0n) is 110. The van der Waals surface area contributed by atoms with E-state index in [0.29, 0.717) is 344 Å². The van der Waals surface area contributed by atoms with Crippen molar-refractivity contribution in [3.63, 3.8) is 0 Å². The van der Waals surface area contributed by atoms with E-state index in [9.17, 15) is 15.6 Å². The van der Waals surface area contributed by atoms with Crippen LogP contribution in [0.4, 0.5) is 0 Å². The van der Waals surface area contributed by atoms with Crippen LogP contribution in [0, 0.1) is 0 Å². The molecule has 0 aromatic carbocycles. The molecule has 0 aromatic heterocycles. The second kappa shape index (κ2) is 68.7. The molecule has 2 atom stereocenters. The lowest BCUT2D eigenvalue weighted by atomic mass is 8.34.